The predicted molar refractivity (Wildman–Crippen MR) is 99.2 cm³/mol. The van der Waals surface area contributed by atoms with E-state index in [1.807, 2.05) is 30.3 Å². The van der Waals surface area contributed by atoms with Crippen molar-refractivity contribution in [2.75, 3.05) is 11.9 Å². The number of thiazole rings is 1. The molecule has 0 aliphatic rings. The Hall–Kier alpha value is -2.07. The van der Waals surface area contributed by atoms with E-state index in [0.717, 1.165) is 34.3 Å². The summed E-state index contributed by atoms with van der Waals surface area (Å²) in [6.45, 7) is 9.27. The minimum Gasteiger partial charge on any atom is -0.493 e. The second kappa shape index (κ2) is 6.59. The van der Waals surface area contributed by atoms with Gasteiger partial charge in [-0.15, -0.1) is 0 Å². The number of anilines is 2. The molecule has 3 rings (SSSR count). The predicted octanol–water partition coefficient (Wildman–Crippen LogP) is 5.69. The summed E-state index contributed by atoms with van der Waals surface area (Å²) in [5.74, 6) is 1.49. The first-order chi connectivity index (χ1) is 11.0. The van der Waals surface area contributed by atoms with E-state index >= 15 is 0 Å². The summed E-state index contributed by atoms with van der Waals surface area (Å²) in [5, 5.41) is 4.30. The molecule has 1 N–H and O–H groups in total. The van der Waals surface area contributed by atoms with Crippen LogP contribution >= 0.6 is 11.3 Å². The molecule has 0 bridgehead atoms. The highest BCUT2D eigenvalue weighted by Gasteiger charge is 2.14. The summed E-state index contributed by atoms with van der Waals surface area (Å²) < 4.78 is 7.17. The van der Waals surface area contributed by atoms with E-state index in [1.165, 1.54) is 10.3 Å². The monoisotopic (exact) mass is 326 g/mol. The molecule has 3 nitrogen and oxygen atoms in total. The highest BCUT2D eigenvalue weighted by atomic mass is 32.1. The van der Waals surface area contributed by atoms with E-state index in [0.29, 0.717) is 5.92 Å². The largest absolute Gasteiger partial charge is 0.493 e. The lowest BCUT2D eigenvalue weighted by Crippen LogP contribution is -2.05. The van der Waals surface area contributed by atoms with Gasteiger partial charge in [-0.1, -0.05) is 43.4 Å². The van der Waals surface area contributed by atoms with Crippen molar-refractivity contribution in [1.82, 2.24) is 4.98 Å². The third kappa shape index (κ3) is 3.48. The maximum absolute atomic E-state index is 5.97. The van der Waals surface area contributed by atoms with Gasteiger partial charge in [0.2, 0.25) is 0 Å². The van der Waals surface area contributed by atoms with Gasteiger partial charge in [-0.05, 0) is 43.5 Å². The van der Waals surface area contributed by atoms with Gasteiger partial charge in [-0.3, -0.25) is 0 Å². The normalized spacial score (nSPS) is 11.2. The summed E-state index contributed by atoms with van der Waals surface area (Å²) in [6, 6.07) is 12.2. The molecule has 0 spiro atoms. The van der Waals surface area contributed by atoms with Gasteiger partial charge in [-0.2, -0.15) is 0 Å². The zero-order valence-corrected chi connectivity index (χ0v) is 14.8. The zero-order valence-electron chi connectivity index (χ0n) is 14.0. The molecule has 1 heterocycles. The summed E-state index contributed by atoms with van der Waals surface area (Å²) >= 11 is 1.68. The fraction of sp³-hybridized carbons (Fsp3) is 0.316. The topological polar surface area (TPSA) is 34.1 Å². The van der Waals surface area contributed by atoms with Crippen LogP contribution in [0.2, 0.25) is 0 Å². The van der Waals surface area contributed by atoms with Crippen molar-refractivity contribution in [2.24, 2.45) is 5.92 Å². The average molecular weight is 326 g/mol. The van der Waals surface area contributed by atoms with Crippen LogP contribution < -0.4 is 10.1 Å². The molecular formula is C19H22N2OS. The average Bonchev–Trinajstić information content (AvgIpc) is 2.95. The second-order valence-electron chi connectivity index (χ2n) is 6.21. The summed E-state index contributed by atoms with van der Waals surface area (Å²) in [7, 11) is 0. The molecule has 0 saturated carbocycles. The van der Waals surface area contributed by atoms with Crippen molar-refractivity contribution >= 4 is 32.4 Å². The number of hydrogen-bond acceptors (Lipinski definition) is 4. The number of benzene rings is 2. The first-order valence-corrected chi connectivity index (χ1v) is 8.72. The fourth-order valence-electron chi connectivity index (χ4n) is 2.43. The smallest absolute Gasteiger partial charge is 0.188 e. The lowest BCUT2D eigenvalue weighted by atomic mass is 10.1. The van der Waals surface area contributed by atoms with Gasteiger partial charge >= 0.3 is 0 Å². The number of nitrogens with one attached hydrogen (secondary N) is 1. The van der Waals surface area contributed by atoms with E-state index in [4.69, 9.17) is 9.72 Å². The molecule has 0 aliphatic heterocycles. The Morgan fingerprint density at radius 1 is 1.17 bits per heavy atom. The van der Waals surface area contributed by atoms with Crippen LogP contribution in [0.4, 0.5) is 10.8 Å². The van der Waals surface area contributed by atoms with Crippen LogP contribution in [0.3, 0.4) is 0 Å². The summed E-state index contributed by atoms with van der Waals surface area (Å²) in [5.41, 5.74) is 4.44. The van der Waals surface area contributed by atoms with Crippen molar-refractivity contribution in [3.05, 3.63) is 47.5 Å². The molecule has 120 valence electrons. The fourth-order valence-corrected chi connectivity index (χ4v) is 3.49. The van der Waals surface area contributed by atoms with Crippen LogP contribution in [-0.4, -0.2) is 11.6 Å². The Morgan fingerprint density at radius 2 is 1.91 bits per heavy atom. The molecule has 3 aromatic rings. The van der Waals surface area contributed by atoms with Crippen molar-refractivity contribution in [3.8, 4) is 5.75 Å². The zero-order chi connectivity index (χ0) is 16.4. The van der Waals surface area contributed by atoms with Crippen LogP contribution in [0.5, 0.6) is 5.75 Å². The first-order valence-electron chi connectivity index (χ1n) is 7.90. The van der Waals surface area contributed by atoms with Gasteiger partial charge < -0.3 is 10.1 Å². The van der Waals surface area contributed by atoms with Gasteiger partial charge in [0.25, 0.3) is 0 Å². The highest BCUT2D eigenvalue weighted by Crippen LogP contribution is 2.37. The number of fused-ring (bicyclic) bond motifs is 1. The van der Waals surface area contributed by atoms with Crippen LogP contribution in [0.1, 0.15) is 25.0 Å². The highest BCUT2D eigenvalue weighted by molar-refractivity contribution is 7.22. The lowest BCUT2D eigenvalue weighted by molar-refractivity contribution is 0.270. The second-order valence-corrected chi connectivity index (χ2v) is 7.21. The molecule has 0 radical (unpaired) electrons. The van der Waals surface area contributed by atoms with Crippen LogP contribution in [-0.2, 0) is 0 Å². The van der Waals surface area contributed by atoms with Crippen molar-refractivity contribution in [2.45, 2.75) is 27.7 Å². The molecule has 0 saturated heterocycles. The Morgan fingerprint density at radius 3 is 2.61 bits per heavy atom. The van der Waals surface area contributed by atoms with Gasteiger partial charge in [0, 0.05) is 11.3 Å². The summed E-state index contributed by atoms with van der Waals surface area (Å²) in [4.78, 5) is 4.76. The van der Waals surface area contributed by atoms with E-state index in [2.05, 4.69) is 39.1 Å². The van der Waals surface area contributed by atoms with Gasteiger partial charge in [0.05, 0.1) is 16.8 Å². The SMILES string of the molecule is Cc1cc(OCC(C)C)c(C)c2sc(Nc3ccccc3)nc12. The standard InChI is InChI=1S/C19H22N2OS/c1-12(2)11-22-16-10-13(3)17-18(14(16)4)23-19(21-17)20-15-8-6-5-7-9-15/h5-10,12H,11H2,1-4H3,(H,20,21). The number of ether oxygens (including phenoxy) is 1. The minimum atomic E-state index is 0.516. The molecule has 0 atom stereocenters. The molecule has 2 aromatic carbocycles. The maximum Gasteiger partial charge on any atom is 0.188 e. The molecule has 0 amide bonds. The molecule has 0 aliphatic carbocycles. The van der Waals surface area contributed by atoms with E-state index in [9.17, 15) is 0 Å². The minimum absolute atomic E-state index is 0.516. The Labute approximate surface area is 141 Å². The number of aromatic nitrogens is 1. The van der Waals surface area contributed by atoms with Gasteiger partial charge in [-0.25, -0.2) is 4.98 Å². The number of nitrogens with zero attached hydrogens (tertiary/aromatic N) is 1. The van der Waals surface area contributed by atoms with Crippen LogP contribution in [0.25, 0.3) is 10.2 Å². The molecular weight excluding hydrogens is 304 g/mol. The lowest BCUT2D eigenvalue weighted by Gasteiger charge is -2.12. The molecule has 0 fully saturated rings. The molecule has 4 heteroatoms. The van der Waals surface area contributed by atoms with E-state index in [1.54, 1.807) is 11.3 Å². The van der Waals surface area contributed by atoms with Crippen molar-refractivity contribution in [3.63, 3.8) is 0 Å². The number of aryl methyl sites for hydroxylation is 2. The third-order valence-electron chi connectivity index (χ3n) is 3.66. The molecule has 0 unspecified atom stereocenters. The van der Waals surface area contributed by atoms with E-state index < -0.39 is 0 Å². The van der Waals surface area contributed by atoms with Gasteiger partial charge in [0.15, 0.2) is 5.13 Å². The Bertz CT molecular complexity index is 809. The Balaban J connectivity index is 1.95. The van der Waals surface area contributed by atoms with Crippen molar-refractivity contribution < 1.29 is 4.74 Å². The number of para-hydroxylation sites is 1. The summed E-state index contributed by atoms with van der Waals surface area (Å²) in [6.07, 6.45) is 0. The van der Waals surface area contributed by atoms with Crippen LogP contribution in [0.15, 0.2) is 36.4 Å². The molecule has 1 aromatic heterocycles. The van der Waals surface area contributed by atoms with E-state index in [-0.39, 0.29) is 0 Å². The molecule has 23 heavy (non-hydrogen) atoms. The number of rotatable bonds is 5. The third-order valence-corrected chi connectivity index (χ3v) is 4.75. The maximum atomic E-state index is 5.97. The van der Waals surface area contributed by atoms with Gasteiger partial charge in [0.1, 0.15) is 5.75 Å². The Kier molecular flexibility index (Phi) is 4.53. The van der Waals surface area contributed by atoms with Crippen molar-refractivity contribution in [1.29, 1.82) is 0 Å². The quantitative estimate of drug-likeness (QED) is 0.654. The first kappa shape index (κ1) is 15.8. The number of hydrogen-bond donors (Lipinski definition) is 1. The van der Waals surface area contributed by atoms with Crippen LogP contribution in [0, 0.1) is 19.8 Å².